The van der Waals surface area contributed by atoms with E-state index in [0.29, 0.717) is 4.88 Å². The fraction of sp³-hybridized carbons (Fsp3) is 0.400. The minimum absolute atomic E-state index is 0.00645. The predicted molar refractivity (Wildman–Crippen MR) is 79.2 cm³/mol. The molecule has 18 heavy (non-hydrogen) atoms. The van der Waals surface area contributed by atoms with Gasteiger partial charge < -0.3 is 16.3 Å². The van der Waals surface area contributed by atoms with Crippen molar-refractivity contribution in [2.24, 2.45) is 16.8 Å². The van der Waals surface area contributed by atoms with E-state index in [1.54, 1.807) is 6.07 Å². The number of oxime groups is 1. The average Bonchev–Trinajstić information content (AvgIpc) is 2.65. The molecule has 0 bridgehead atoms. The number of amidine groups is 1. The Morgan fingerprint density at radius 2 is 2.17 bits per heavy atom. The van der Waals surface area contributed by atoms with Crippen LogP contribution in [0.3, 0.4) is 0 Å². The highest BCUT2D eigenvalue weighted by Crippen LogP contribution is 2.32. The number of nitrogens with two attached hydrogens (primary N) is 1. The molecule has 0 aromatic carbocycles. The number of carbonyl (C=O) groups is 1. The van der Waals surface area contributed by atoms with Crippen LogP contribution in [-0.4, -0.2) is 23.0 Å². The number of nitrogens with zero attached hydrogens (tertiary/aromatic N) is 1. The number of nitrogens with one attached hydrogen (secondary N) is 1. The lowest BCUT2D eigenvalue weighted by atomic mass is 10.0. The van der Waals surface area contributed by atoms with E-state index in [1.807, 2.05) is 13.8 Å². The maximum absolute atomic E-state index is 12.0. The van der Waals surface area contributed by atoms with Gasteiger partial charge in [0.1, 0.15) is 0 Å². The highest BCUT2D eigenvalue weighted by molar-refractivity contribution is 9.13. The summed E-state index contributed by atoms with van der Waals surface area (Å²) in [5.74, 6) is -0.235. The zero-order valence-corrected chi connectivity index (χ0v) is 13.8. The molecule has 0 aliphatic carbocycles. The number of thiophene rings is 1. The molecular weight excluding hydrogens is 386 g/mol. The first-order valence-corrected chi connectivity index (χ1v) is 7.50. The lowest BCUT2D eigenvalue weighted by Crippen LogP contribution is -2.47. The van der Waals surface area contributed by atoms with E-state index in [-0.39, 0.29) is 17.7 Å². The number of rotatable bonds is 4. The quantitative estimate of drug-likeness (QED) is 0.315. The van der Waals surface area contributed by atoms with Gasteiger partial charge in [0.2, 0.25) is 0 Å². The van der Waals surface area contributed by atoms with Gasteiger partial charge in [0, 0.05) is 4.47 Å². The van der Waals surface area contributed by atoms with Crippen molar-refractivity contribution in [2.75, 3.05) is 0 Å². The predicted octanol–water partition coefficient (Wildman–Crippen LogP) is 2.77. The lowest BCUT2D eigenvalue weighted by molar-refractivity contribution is 0.0943. The first-order valence-electron chi connectivity index (χ1n) is 5.10. The SMILES string of the molecule is CC(C)C(NC(=O)c1cc(Br)c(Br)s1)C(N)=NO. The second-order valence-corrected chi connectivity index (χ2v) is 7.18. The van der Waals surface area contributed by atoms with Crippen LogP contribution in [0.5, 0.6) is 0 Å². The fourth-order valence-corrected chi connectivity index (χ4v) is 3.25. The molecule has 0 aliphatic rings. The molecule has 0 saturated carbocycles. The molecule has 4 N–H and O–H groups in total. The van der Waals surface area contributed by atoms with Crippen LogP contribution in [-0.2, 0) is 0 Å². The van der Waals surface area contributed by atoms with Crippen LogP contribution in [0, 0.1) is 5.92 Å². The highest BCUT2D eigenvalue weighted by atomic mass is 79.9. The van der Waals surface area contributed by atoms with Gasteiger partial charge in [0.25, 0.3) is 5.91 Å². The maximum atomic E-state index is 12.0. The molecule has 100 valence electrons. The molecule has 0 aliphatic heterocycles. The van der Waals surface area contributed by atoms with Crippen molar-refractivity contribution in [2.45, 2.75) is 19.9 Å². The smallest absolute Gasteiger partial charge is 0.262 e. The second kappa shape index (κ2) is 6.53. The second-order valence-electron chi connectivity index (χ2n) is 3.95. The molecule has 1 atom stereocenters. The van der Waals surface area contributed by atoms with E-state index >= 15 is 0 Å². The van der Waals surface area contributed by atoms with Gasteiger partial charge in [-0.2, -0.15) is 0 Å². The minimum Gasteiger partial charge on any atom is -0.409 e. The van der Waals surface area contributed by atoms with Crippen molar-refractivity contribution in [3.8, 4) is 0 Å². The van der Waals surface area contributed by atoms with Gasteiger partial charge in [-0.3, -0.25) is 4.79 Å². The summed E-state index contributed by atoms with van der Waals surface area (Å²) in [6.07, 6.45) is 0. The fourth-order valence-electron chi connectivity index (χ4n) is 1.32. The van der Waals surface area contributed by atoms with E-state index in [1.165, 1.54) is 11.3 Å². The Labute approximate surface area is 126 Å². The van der Waals surface area contributed by atoms with Crippen LogP contribution in [0.1, 0.15) is 23.5 Å². The lowest BCUT2D eigenvalue weighted by Gasteiger charge is -2.20. The normalized spacial score (nSPS) is 13.7. The Hall–Kier alpha value is -0.600. The van der Waals surface area contributed by atoms with Gasteiger partial charge in [0.15, 0.2) is 5.84 Å². The molecular formula is C10H13Br2N3O2S. The Bertz CT molecular complexity index is 454. The van der Waals surface area contributed by atoms with Crippen LogP contribution in [0.4, 0.5) is 0 Å². The van der Waals surface area contributed by atoms with Crippen molar-refractivity contribution >= 4 is 54.9 Å². The summed E-state index contributed by atoms with van der Waals surface area (Å²) < 4.78 is 1.67. The molecule has 0 radical (unpaired) electrons. The standard InChI is InChI=1S/C10H13Br2N3O2S/c1-4(2)7(9(13)15-17)14-10(16)6-3-5(11)8(12)18-6/h3-4,7,17H,1-2H3,(H2,13,15)(H,14,16). The average molecular weight is 399 g/mol. The van der Waals surface area contributed by atoms with Crippen molar-refractivity contribution in [3.63, 3.8) is 0 Å². The van der Waals surface area contributed by atoms with E-state index in [0.717, 1.165) is 8.26 Å². The molecule has 0 fully saturated rings. The summed E-state index contributed by atoms with van der Waals surface area (Å²) in [5.41, 5.74) is 5.55. The number of hydrogen-bond acceptors (Lipinski definition) is 4. The van der Waals surface area contributed by atoms with Crippen molar-refractivity contribution in [3.05, 3.63) is 19.2 Å². The largest absolute Gasteiger partial charge is 0.409 e. The van der Waals surface area contributed by atoms with Gasteiger partial charge in [-0.05, 0) is 43.8 Å². The zero-order chi connectivity index (χ0) is 13.9. The van der Waals surface area contributed by atoms with Crippen LogP contribution in [0.2, 0.25) is 0 Å². The van der Waals surface area contributed by atoms with Gasteiger partial charge >= 0.3 is 0 Å². The van der Waals surface area contributed by atoms with Gasteiger partial charge in [-0.15, -0.1) is 11.3 Å². The summed E-state index contributed by atoms with van der Waals surface area (Å²) in [4.78, 5) is 12.6. The van der Waals surface area contributed by atoms with Crippen molar-refractivity contribution in [1.29, 1.82) is 0 Å². The number of carbonyl (C=O) groups excluding carboxylic acids is 1. The molecule has 0 spiro atoms. The van der Waals surface area contributed by atoms with Crippen LogP contribution < -0.4 is 11.1 Å². The van der Waals surface area contributed by atoms with Gasteiger partial charge in [0.05, 0.1) is 14.7 Å². The third-order valence-electron chi connectivity index (χ3n) is 2.26. The number of hydrogen-bond donors (Lipinski definition) is 3. The Kier molecular flexibility index (Phi) is 5.61. The molecule has 1 unspecified atom stereocenters. The molecule has 1 heterocycles. The van der Waals surface area contributed by atoms with E-state index in [9.17, 15) is 4.79 Å². The van der Waals surface area contributed by atoms with E-state index < -0.39 is 6.04 Å². The topological polar surface area (TPSA) is 87.7 Å². The van der Waals surface area contributed by atoms with Crippen molar-refractivity contribution < 1.29 is 10.0 Å². The first-order chi connectivity index (χ1) is 8.36. The van der Waals surface area contributed by atoms with Crippen LogP contribution in [0.25, 0.3) is 0 Å². The summed E-state index contributed by atoms with van der Waals surface area (Å²) >= 11 is 7.95. The summed E-state index contributed by atoms with van der Waals surface area (Å²) in [7, 11) is 0. The summed E-state index contributed by atoms with van der Waals surface area (Å²) in [6, 6.07) is 1.22. The number of halogens is 2. The molecule has 0 saturated heterocycles. The molecule has 1 aromatic rings. The Morgan fingerprint density at radius 3 is 2.56 bits per heavy atom. The summed E-state index contributed by atoms with van der Waals surface area (Å²) in [5, 5.41) is 14.4. The molecule has 1 aromatic heterocycles. The van der Waals surface area contributed by atoms with E-state index in [4.69, 9.17) is 10.9 Å². The van der Waals surface area contributed by atoms with Crippen molar-refractivity contribution in [1.82, 2.24) is 5.32 Å². The third kappa shape index (κ3) is 3.69. The third-order valence-corrected chi connectivity index (χ3v) is 5.51. The Balaban J connectivity index is 2.85. The first kappa shape index (κ1) is 15.5. The molecule has 1 amide bonds. The highest BCUT2D eigenvalue weighted by Gasteiger charge is 2.22. The van der Waals surface area contributed by atoms with Gasteiger partial charge in [-0.1, -0.05) is 19.0 Å². The van der Waals surface area contributed by atoms with Crippen LogP contribution >= 0.6 is 43.2 Å². The zero-order valence-electron chi connectivity index (χ0n) is 9.78. The molecule has 1 rings (SSSR count). The Morgan fingerprint density at radius 1 is 1.56 bits per heavy atom. The molecule has 8 heteroatoms. The summed E-state index contributed by atoms with van der Waals surface area (Å²) in [6.45, 7) is 3.76. The maximum Gasteiger partial charge on any atom is 0.262 e. The van der Waals surface area contributed by atoms with Crippen LogP contribution in [0.15, 0.2) is 19.5 Å². The monoisotopic (exact) mass is 397 g/mol. The number of amides is 1. The minimum atomic E-state index is -0.498. The molecule has 5 nitrogen and oxygen atoms in total. The van der Waals surface area contributed by atoms with Gasteiger partial charge in [-0.25, -0.2) is 0 Å². The van der Waals surface area contributed by atoms with E-state index in [2.05, 4.69) is 42.3 Å².